The second-order valence-electron chi connectivity index (χ2n) is 12.7. The average molecular weight is 644 g/mol. The molecule has 0 bridgehead atoms. The van der Waals surface area contributed by atoms with Crippen LogP contribution in [-0.2, 0) is 6.42 Å². The van der Waals surface area contributed by atoms with E-state index in [1.165, 1.54) is 16.7 Å². The lowest BCUT2D eigenvalue weighted by Crippen LogP contribution is -2.06. The first-order chi connectivity index (χ1) is 24.8. The van der Waals surface area contributed by atoms with Gasteiger partial charge in [-0.1, -0.05) is 127 Å². The number of rotatable bonds is 5. The number of nitrogens with zero attached hydrogens (tertiary/aromatic N) is 3. The molecule has 10 rings (SSSR count). The molecule has 0 spiro atoms. The zero-order valence-electron chi connectivity index (χ0n) is 27.0. The first-order valence-corrected chi connectivity index (χ1v) is 16.9. The van der Waals surface area contributed by atoms with Crippen LogP contribution in [0.4, 0.5) is 0 Å². The van der Waals surface area contributed by atoms with E-state index >= 15 is 0 Å². The Kier molecular flexibility index (Phi) is 6.56. The molecule has 0 radical (unpaired) electrons. The van der Waals surface area contributed by atoms with E-state index in [2.05, 4.69) is 91.0 Å². The Morgan fingerprint density at radius 3 is 1.90 bits per heavy atom. The molecule has 5 nitrogen and oxygen atoms in total. The van der Waals surface area contributed by atoms with Crippen LogP contribution in [0, 0.1) is 0 Å². The fourth-order valence-corrected chi connectivity index (χ4v) is 7.22. The Balaban J connectivity index is 1.11. The van der Waals surface area contributed by atoms with Crippen molar-refractivity contribution in [2.24, 2.45) is 0 Å². The first kappa shape index (κ1) is 28.4. The summed E-state index contributed by atoms with van der Waals surface area (Å²) in [6, 6.07) is 50.0. The highest BCUT2D eigenvalue weighted by Gasteiger charge is 2.25. The van der Waals surface area contributed by atoms with Crippen LogP contribution in [0.3, 0.4) is 0 Å². The predicted molar refractivity (Wildman–Crippen MR) is 200 cm³/mol. The Hall–Kier alpha value is -6.59. The van der Waals surface area contributed by atoms with Crippen molar-refractivity contribution in [3.63, 3.8) is 0 Å². The molecule has 0 aliphatic heterocycles. The van der Waals surface area contributed by atoms with Gasteiger partial charge in [-0.2, -0.15) is 0 Å². The summed E-state index contributed by atoms with van der Waals surface area (Å²) in [4.78, 5) is 15.3. The first-order valence-electron chi connectivity index (χ1n) is 16.9. The Labute approximate surface area is 288 Å². The van der Waals surface area contributed by atoms with Gasteiger partial charge in [-0.05, 0) is 59.4 Å². The van der Waals surface area contributed by atoms with Crippen molar-refractivity contribution < 1.29 is 8.83 Å². The van der Waals surface area contributed by atoms with Crippen LogP contribution < -0.4 is 0 Å². The summed E-state index contributed by atoms with van der Waals surface area (Å²) in [6.07, 6.45) is 3.99. The molecular weight excluding hydrogens is 615 g/mol. The third kappa shape index (κ3) is 4.74. The minimum absolute atomic E-state index is 0.590. The summed E-state index contributed by atoms with van der Waals surface area (Å²) >= 11 is 0. The molecular formula is C45H29N3O2. The molecule has 9 aromatic rings. The van der Waals surface area contributed by atoms with Gasteiger partial charge in [0.1, 0.15) is 22.5 Å². The summed E-state index contributed by atoms with van der Waals surface area (Å²) in [6.45, 7) is 0. The van der Waals surface area contributed by atoms with Crippen LogP contribution in [0.25, 0.3) is 83.5 Å². The monoisotopic (exact) mass is 643 g/mol. The van der Waals surface area contributed by atoms with Crippen LogP contribution in [0.5, 0.6) is 0 Å². The molecule has 0 fully saturated rings. The van der Waals surface area contributed by atoms with E-state index in [1.54, 1.807) is 0 Å². The SMILES string of the molecule is C1=C(c2nc(-c3ccccc3)nc(-c3cccc4oc5cc(-c6ccc(-c7ccccc7)cc6)ccc5c34)n2)c2oc3ccccc3c2CC1. The Morgan fingerprint density at radius 1 is 0.440 bits per heavy atom. The van der Waals surface area contributed by atoms with Crippen molar-refractivity contribution in [1.82, 2.24) is 15.0 Å². The molecule has 0 saturated heterocycles. The lowest BCUT2D eigenvalue weighted by atomic mass is 9.95. The molecule has 3 heterocycles. The van der Waals surface area contributed by atoms with Gasteiger partial charge in [-0.15, -0.1) is 0 Å². The van der Waals surface area contributed by atoms with Crippen LogP contribution >= 0.6 is 0 Å². The van der Waals surface area contributed by atoms with Gasteiger partial charge in [-0.25, -0.2) is 15.0 Å². The largest absolute Gasteiger partial charge is 0.456 e. The van der Waals surface area contributed by atoms with E-state index in [1.807, 2.05) is 60.7 Å². The summed E-state index contributed by atoms with van der Waals surface area (Å²) < 4.78 is 13.0. The molecule has 236 valence electrons. The van der Waals surface area contributed by atoms with Crippen LogP contribution in [-0.4, -0.2) is 15.0 Å². The Bertz CT molecular complexity index is 2740. The number of allylic oxidation sites excluding steroid dienone is 1. The number of aromatic nitrogens is 3. The number of benzene rings is 6. The number of hydrogen-bond donors (Lipinski definition) is 0. The molecule has 3 aromatic heterocycles. The van der Waals surface area contributed by atoms with Crippen molar-refractivity contribution in [2.45, 2.75) is 12.8 Å². The maximum absolute atomic E-state index is 6.51. The van der Waals surface area contributed by atoms with Gasteiger partial charge in [0.25, 0.3) is 0 Å². The van der Waals surface area contributed by atoms with Crippen LogP contribution in [0.1, 0.15) is 23.6 Å². The van der Waals surface area contributed by atoms with Crippen molar-refractivity contribution in [1.29, 1.82) is 0 Å². The van der Waals surface area contributed by atoms with Crippen LogP contribution in [0.15, 0.2) is 161 Å². The predicted octanol–water partition coefficient (Wildman–Crippen LogP) is 11.6. The zero-order chi connectivity index (χ0) is 33.0. The highest BCUT2D eigenvalue weighted by Crippen LogP contribution is 2.40. The number of fused-ring (bicyclic) bond motifs is 6. The Morgan fingerprint density at radius 2 is 1.08 bits per heavy atom. The quantitative estimate of drug-likeness (QED) is 0.187. The number of hydrogen-bond acceptors (Lipinski definition) is 5. The molecule has 0 saturated carbocycles. The van der Waals surface area contributed by atoms with Gasteiger partial charge in [0, 0.05) is 32.8 Å². The molecule has 50 heavy (non-hydrogen) atoms. The smallest absolute Gasteiger partial charge is 0.167 e. The molecule has 1 aliphatic carbocycles. The van der Waals surface area contributed by atoms with Crippen molar-refractivity contribution in [2.75, 3.05) is 0 Å². The maximum Gasteiger partial charge on any atom is 0.167 e. The van der Waals surface area contributed by atoms with E-state index < -0.39 is 0 Å². The highest BCUT2D eigenvalue weighted by atomic mass is 16.3. The molecule has 5 heteroatoms. The summed E-state index contributed by atoms with van der Waals surface area (Å²) in [5.41, 5.74) is 11.0. The standard InChI is InChI=1S/C45H29N3O2/c1-3-11-28(12-4-1)29-21-23-30(24-22-29)32-25-26-35-40(27-32)49-39-20-10-17-36(41(35)39)44-46-43(31-13-5-2-6-14-31)47-45(48-44)37-18-9-16-34-33-15-7-8-19-38(33)50-42(34)37/h1-8,10-15,17-27H,9,16H2. The minimum atomic E-state index is 0.590. The molecule has 0 amide bonds. The molecule has 6 aromatic carbocycles. The third-order valence-corrected chi connectivity index (χ3v) is 9.66. The molecule has 0 atom stereocenters. The maximum atomic E-state index is 6.51. The fourth-order valence-electron chi connectivity index (χ4n) is 7.22. The van der Waals surface area contributed by atoms with Gasteiger partial charge in [0.05, 0.1) is 5.57 Å². The zero-order valence-corrected chi connectivity index (χ0v) is 27.0. The van der Waals surface area contributed by atoms with Gasteiger partial charge in [-0.3, -0.25) is 0 Å². The second kappa shape index (κ2) is 11.5. The van der Waals surface area contributed by atoms with E-state index in [9.17, 15) is 0 Å². The van der Waals surface area contributed by atoms with E-state index in [0.29, 0.717) is 17.5 Å². The lowest BCUT2D eigenvalue weighted by Gasteiger charge is -2.14. The molecule has 0 N–H and O–H groups in total. The summed E-state index contributed by atoms with van der Waals surface area (Å²) in [5.74, 6) is 2.64. The van der Waals surface area contributed by atoms with E-state index in [0.717, 1.165) is 79.3 Å². The second-order valence-corrected chi connectivity index (χ2v) is 12.7. The van der Waals surface area contributed by atoms with Gasteiger partial charge >= 0.3 is 0 Å². The van der Waals surface area contributed by atoms with Gasteiger partial charge < -0.3 is 8.83 Å². The summed E-state index contributed by atoms with van der Waals surface area (Å²) in [5, 5.41) is 3.14. The van der Waals surface area contributed by atoms with Crippen LogP contribution in [0.2, 0.25) is 0 Å². The minimum Gasteiger partial charge on any atom is -0.456 e. The van der Waals surface area contributed by atoms with Gasteiger partial charge in [0.2, 0.25) is 0 Å². The normalized spacial score (nSPS) is 12.8. The third-order valence-electron chi connectivity index (χ3n) is 9.66. The van der Waals surface area contributed by atoms with E-state index in [-0.39, 0.29) is 0 Å². The van der Waals surface area contributed by atoms with Crippen molar-refractivity contribution >= 4 is 38.5 Å². The van der Waals surface area contributed by atoms with E-state index in [4.69, 9.17) is 23.8 Å². The number of para-hydroxylation sites is 1. The topological polar surface area (TPSA) is 65.0 Å². The number of furan rings is 2. The van der Waals surface area contributed by atoms with Crippen molar-refractivity contribution in [3.8, 4) is 45.0 Å². The summed E-state index contributed by atoms with van der Waals surface area (Å²) in [7, 11) is 0. The molecule has 0 unspecified atom stereocenters. The van der Waals surface area contributed by atoms with Gasteiger partial charge in [0.15, 0.2) is 17.5 Å². The van der Waals surface area contributed by atoms with Crippen molar-refractivity contribution in [3.05, 3.63) is 169 Å². The average Bonchev–Trinajstić information content (AvgIpc) is 3.77. The highest BCUT2D eigenvalue weighted by molar-refractivity contribution is 6.12. The fraction of sp³-hybridized carbons (Fsp3) is 0.0444. The number of aryl methyl sites for hydroxylation is 1. The lowest BCUT2D eigenvalue weighted by molar-refractivity contribution is 0.590. The molecule has 1 aliphatic rings.